The molecule has 0 bridgehead atoms. The van der Waals surface area contributed by atoms with Gasteiger partial charge in [-0.15, -0.1) is 0 Å². The van der Waals surface area contributed by atoms with Crippen molar-refractivity contribution >= 4 is 17.5 Å². The second-order valence-electron chi connectivity index (χ2n) is 6.58. The van der Waals surface area contributed by atoms with E-state index in [1.54, 1.807) is 6.07 Å². The fourth-order valence-corrected chi connectivity index (χ4v) is 3.76. The smallest absolute Gasteiger partial charge is 0.253 e. The molecule has 0 aromatic heterocycles. The molecule has 2 aromatic rings. The van der Waals surface area contributed by atoms with Crippen molar-refractivity contribution in [3.63, 3.8) is 0 Å². The third-order valence-corrected chi connectivity index (χ3v) is 5.22. The minimum Gasteiger partial charge on any atom is -0.385 e. The van der Waals surface area contributed by atoms with E-state index in [2.05, 4.69) is 5.32 Å². The zero-order chi connectivity index (χ0) is 17.2. The summed E-state index contributed by atoms with van der Waals surface area (Å²) in [4.78, 5) is 12.5. The molecular formula is C20H22ClNO2. The molecule has 2 aromatic carbocycles. The molecule has 0 spiro atoms. The van der Waals surface area contributed by atoms with Gasteiger partial charge in [-0.3, -0.25) is 4.79 Å². The fraction of sp³-hybridized carbons (Fsp3) is 0.350. The lowest BCUT2D eigenvalue weighted by molar-refractivity contribution is -0.00803. The Morgan fingerprint density at radius 3 is 2.42 bits per heavy atom. The van der Waals surface area contributed by atoms with Crippen molar-refractivity contribution in [1.82, 2.24) is 5.32 Å². The van der Waals surface area contributed by atoms with Crippen LogP contribution in [0.5, 0.6) is 0 Å². The van der Waals surface area contributed by atoms with Gasteiger partial charge in [0.25, 0.3) is 5.91 Å². The van der Waals surface area contributed by atoms with Gasteiger partial charge >= 0.3 is 0 Å². The third kappa shape index (κ3) is 3.47. The maximum atomic E-state index is 12.5. The zero-order valence-electron chi connectivity index (χ0n) is 13.8. The van der Waals surface area contributed by atoms with Crippen molar-refractivity contribution in [2.75, 3.05) is 0 Å². The van der Waals surface area contributed by atoms with E-state index >= 15 is 0 Å². The molecule has 0 atom stereocenters. The lowest BCUT2D eigenvalue weighted by Crippen LogP contribution is -2.42. The number of halogens is 1. The van der Waals surface area contributed by atoms with Crippen LogP contribution in [-0.4, -0.2) is 17.1 Å². The highest BCUT2D eigenvalue weighted by atomic mass is 35.5. The average molecular weight is 344 g/mol. The summed E-state index contributed by atoms with van der Waals surface area (Å²) in [6, 6.07) is 15.3. The highest BCUT2D eigenvalue weighted by Gasteiger charge is 2.35. The Morgan fingerprint density at radius 1 is 1.12 bits per heavy atom. The van der Waals surface area contributed by atoms with Crippen LogP contribution in [0, 0.1) is 6.92 Å². The molecular weight excluding hydrogens is 322 g/mol. The number of amides is 1. The van der Waals surface area contributed by atoms with E-state index in [4.69, 9.17) is 11.6 Å². The summed E-state index contributed by atoms with van der Waals surface area (Å²) in [5.74, 6) is -0.131. The Bertz CT molecular complexity index is 701. The molecule has 1 fully saturated rings. The van der Waals surface area contributed by atoms with E-state index in [1.165, 1.54) is 0 Å². The van der Waals surface area contributed by atoms with Gasteiger partial charge in [0.05, 0.1) is 16.2 Å². The monoisotopic (exact) mass is 343 g/mol. The van der Waals surface area contributed by atoms with E-state index < -0.39 is 5.60 Å². The van der Waals surface area contributed by atoms with Gasteiger partial charge < -0.3 is 10.4 Å². The topological polar surface area (TPSA) is 49.3 Å². The molecule has 1 aliphatic carbocycles. The summed E-state index contributed by atoms with van der Waals surface area (Å²) in [6.45, 7) is 1.88. The number of nitrogens with one attached hydrogen (secondary N) is 1. The zero-order valence-corrected chi connectivity index (χ0v) is 14.5. The Kier molecular flexibility index (Phi) is 4.93. The summed E-state index contributed by atoms with van der Waals surface area (Å²) >= 11 is 6.17. The van der Waals surface area contributed by atoms with Gasteiger partial charge in [0.1, 0.15) is 0 Å². The molecule has 3 nitrogen and oxygen atoms in total. The van der Waals surface area contributed by atoms with Gasteiger partial charge in [-0.1, -0.05) is 54.1 Å². The SMILES string of the molecule is Cc1cccc(Cl)c1C(=O)NC1CCC(O)(c2ccccc2)CC1. The predicted octanol–water partition coefficient (Wildman–Crippen LogP) is 4.21. The summed E-state index contributed by atoms with van der Waals surface area (Å²) < 4.78 is 0. The minimum atomic E-state index is -0.789. The molecule has 0 unspecified atom stereocenters. The molecule has 2 N–H and O–H groups in total. The van der Waals surface area contributed by atoms with E-state index in [9.17, 15) is 9.90 Å². The first-order chi connectivity index (χ1) is 11.5. The van der Waals surface area contributed by atoms with Crippen LogP contribution in [0.15, 0.2) is 48.5 Å². The highest BCUT2D eigenvalue weighted by Crippen LogP contribution is 2.37. The minimum absolute atomic E-state index is 0.0668. The Hall–Kier alpha value is -1.84. The van der Waals surface area contributed by atoms with Gasteiger partial charge in [0.15, 0.2) is 0 Å². The standard InChI is InChI=1S/C20H22ClNO2/c1-14-6-5-9-17(21)18(14)19(23)22-16-10-12-20(24,13-11-16)15-7-3-2-4-8-15/h2-9,16,24H,10-13H2,1H3,(H,22,23). The normalized spacial score (nSPS) is 23.7. The molecule has 4 heteroatoms. The van der Waals surface area contributed by atoms with Crippen LogP contribution < -0.4 is 5.32 Å². The van der Waals surface area contributed by atoms with Gasteiger partial charge in [0.2, 0.25) is 0 Å². The second-order valence-corrected chi connectivity index (χ2v) is 6.98. The molecule has 0 heterocycles. The quantitative estimate of drug-likeness (QED) is 0.877. The first-order valence-electron chi connectivity index (χ1n) is 8.33. The van der Waals surface area contributed by atoms with Crippen LogP contribution in [-0.2, 0) is 5.60 Å². The molecule has 0 aliphatic heterocycles. The lowest BCUT2D eigenvalue weighted by atomic mass is 9.77. The maximum absolute atomic E-state index is 12.5. The summed E-state index contributed by atoms with van der Waals surface area (Å²) in [5.41, 5.74) is 1.58. The van der Waals surface area contributed by atoms with E-state index in [0.717, 1.165) is 24.0 Å². The van der Waals surface area contributed by atoms with Gasteiger partial charge in [0, 0.05) is 6.04 Å². The van der Waals surface area contributed by atoms with Crippen molar-refractivity contribution in [2.24, 2.45) is 0 Å². The molecule has 1 amide bonds. The van der Waals surface area contributed by atoms with Crippen LogP contribution in [0.2, 0.25) is 5.02 Å². The number of benzene rings is 2. The molecule has 1 aliphatic rings. The Morgan fingerprint density at radius 2 is 1.79 bits per heavy atom. The molecule has 0 radical (unpaired) electrons. The number of aliphatic hydroxyl groups is 1. The van der Waals surface area contributed by atoms with E-state index in [-0.39, 0.29) is 11.9 Å². The van der Waals surface area contributed by atoms with Crippen LogP contribution in [0.25, 0.3) is 0 Å². The first kappa shape index (κ1) is 17.0. The molecule has 3 rings (SSSR count). The number of aryl methyl sites for hydroxylation is 1. The van der Waals surface area contributed by atoms with Crippen LogP contribution in [0.1, 0.15) is 47.2 Å². The largest absolute Gasteiger partial charge is 0.385 e. The van der Waals surface area contributed by atoms with Crippen molar-refractivity contribution in [3.05, 3.63) is 70.2 Å². The Balaban J connectivity index is 1.65. The summed E-state index contributed by atoms with van der Waals surface area (Å²) in [7, 11) is 0. The van der Waals surface area contributed by atoms with Crippen LogP contribution in [0.3, 0.4) is 0 Å². The number of carbonyl (C=O) groups excluding carboxylic acids is 1. The van der Waals surface area contributed by atoms with Crippen LogP contribution >= 0.6 is 11.6 Å². The molecule has 1 saturated carbocycles. The first-order valence-corrected chi connectivity index (χ1v) is 8.71. The third-order valence-electron chi connectivity index (χ3n) is 4.91. The summed E-state index contributed by atoms with van der Waals surface area (Å²) in [5, 5.41) is 14.4. The fourth-order valence-electron chi connectivity index (χ4n) is 3.45. The van der Waals surface area contributed by atoms with Gasteiger partial charge in [-0.05, 0) is 49.8 Å². The average Bonchev–Trinajstić information content (AvgIpc) is 2.58. The Labute approximate surface area is 147 Å². The summed E-state index contributed by atoms with van der Waals surface area (Å²) in [6.07, 6.45) is 2.79. The highest BCUT2D eigenvalue weighted by molar-refractivity contribution is 6.34. The van der Waals surface area contributed by atoms with Crippen molar-refractivity contribution in [2.45, 2.75) is 44.2 Å². The molecule has 24 heavy (non-hydrogen) atoms. The maximum Gasteiger partial charge on any atom is 0.253 e. The number of rotatable bonds is 3. The molecule has 126 valence electrons. The van der Waals surface area contributed by atoms with Crippen molar-refractivity contribution in [3.8, 4) is 0 Å². The van der Waals surface area contributed by atoms with Gasteiger partial charge in [-0.2, -0.15) is 0 Å². The predicted molar refractivity (Wildman–Crippen MR) is 96.3 cm³/mol. The number of carbonyl (C=O) groups is 1. The van der Waals surface area contributed by atoms with Crippen LogP contribution in [0.4, 0.5) is 0 Å². The molecule has 0 saturated heterocycles. The van der Waals surface area contributed by atoms with Crippen molar-refractivity contribution < 1.29 is 9.90 Å². The second kappa shape index (κ2) is 6.96. The van der Waals surface area contributed by atoms with Crippen molar-refractivity contribution in [1.29, 1.82) is 0 Å². The lowest BCUT2D eigenvalue weighted by Gasteiger charge is -2.36. The van der Waals surface area contributed by atoms with Gasteiger partial charge in [-0.25, -0.2) is 0 Å². The number of hydrogen-bond donors (Lipinski definition) is 2. The van der Waals surface area contributed by atoms with E-state index in [1.807, 2.05) is 49.4 Å². The number of hydrogen-bond acceptors (Lipinski definition) is 2. The van der Waals surface area contributed by atoms with E-state index in [0.29, 0.717) is 23.4 Å².